The summed E-state index contributed by atoms with van der Waals surface area (Å²) < 4.78 is 11.4. The number of ether oxygens (including phenoxy) is 2. The van der Waals surface area contributed by atoms with Crippen LogP contribution < -0.4 is 25.0 Å². The molecule has 1 aliphatic heterocycles. The van der Waals surface area contributed by atoms with Crippen LogP contribution in [0.3, 0.4) is 0 Å². The predicted octanol–water partition coefficient (Wildman–Crippen LogP) is 2.37. The monoisotopic (exact) mass is 314 g/mol. The molecule has 2 aromatic rings. The van der Waals surface area contributed by atoms with Crippen molar-refractivity contribution in [2.75, 3.05) is 38.5 Å². The molecular formula is C16H18N4O3. The number of anilines is 3. The number of hydrogen-bond acceptors (Lipinski definition) is 6. The van der Waals surface area contributed by atoms with Gasteiger partial charge in [-0.2, -0.15) is 0 Å². The molecular weight excluding hydrogens is 296 g/mol. The van der Waals surface area contributed by atoms with Crippen molar-refractivity contribution in [1.82, 2.24) is 10.3 Å². The van der Waals surface area contributed by atoms with Crippen molar-refractivity contribution in [3.8, 4) is 17.2 Å². The van der Waals surface area contributed by atoms with Gasteiger partial charge in [0.25, 0.3) is 5.91 Å². The third kappa shape index (κ3) is 2.40. The average molecular weight is 314 g/mol. The van der Waals surface area contributed by atoms with Crippen LogP contribution in [0.25, 0.3) is 0 Å². The van der Waals surface area contributed by atoms with Crippen LogP contribution in [0.1, 0.15) is 10.4 Å². The first kappa shape index (κ1) is 15.0. The number of hydrogen-bond donors (Lipinski definition) is 2. The fourth-order valence-electron chi connectivity index (χ4n) is 2.45. The molecule has 1 aromatic carbocycles. The molecule has 1 amide bonds. The zero-order chi connectivity index (χ0) is 16.6. The number of benzene rings is 1. The molecule has 0 saturated heterocycles. The van der Waals surface area contributed by atoms with Crippen molar-refractivity contribution in [2.45, 2.75) is 0 Å². The SMILES string of the molecule is CNC(=O)c1cnc(N(C)C)c2c1Nc1c(OC)cccc1O2. The van der Waals surface area contributed by atoms with Crippen LogP contribution in [0.2, 0.25) is 0 Å². The maximum Gasteiger partial charge on any atom is 0.254 e. The number of rotatable bonds is 3. The lowest BCUT2D eigenvalue weighted by molar-refractivity contribution is 0.0963. The Morgan fingerprint density at radius 3 is 2.78 bits per heavy atom. The predicted molar refractivity (Wildman–Crippen MR) is 88.3 cm³/mol. The quantitative estimate of drug-likeness (QED) is 0.773. The van der Waals surface area contributed by atoms with Crippen LogP contribution in [0.5, 0.6) is 17.2 Å². The molecule has 0 spiro atoms. The second-order valence-electron chi connectivity index (χ2n) is 5.23. The van der Waals surface area contributed by atoms with Crippen molar-refractivity contribution >= 4 is 23.1 Å². The molecule has 1 aromatic heterocycles. The standard InChI is InChI=1S/C16H18N4O3/c1-17-16(21)9-8-18-15(20(2)3)14-12(9)19-13-10(22-4)6-5-7-11(13)23-14/h5-8,19H,1-4H3,(H,17,21). The summed E-state index contributed by atoms with van der Waals surface area (Å²) >= 11 is 0. The minimum atomic E-state index is -0.242. The number of aromatic nitrogens is 1. The number of carbonyl (C=O) groups is 1. The van der Waals surface area contributed by atoms with E-state index in [1.165, 1.54) is 6.20 Å². The molecule has 23 heavy (non-hydrogen) atoms. The summed E-state index contributed by atoms with van der Waals surface area (Å²) in [5.74, 6) is 2.16. The van der Waals surface area contributed by atoms with Crippen LogP contribution in [0.15, 0.2) is 24.4 Å². The third-order valence-electron chi connectivity index (χ3n) is 3.58. The molecule has 7 heteroatoms. The summed E-state index contributed by atoms with van der Waals surface area (Å²) in [5, 5.41) is 5.87. The first-order valence-corrected chi connectivity index (χ1v) is 7.11. The number of methoxy groups -OCH3 is 1. The van der Waals surface area contributed by atoms with Gasteiger partial charge in [0.15, 0.2) is 17.3 Å². The van der Waals surface area contributed by atoms with Crippen molar-refractivity contribution in [2.24, 2.45) is 0 Å². The van der Waals surface area contributed by atoms with Crippen LogP contribution in [-0.4, -0.2) is 39.1 Å². The molecule has 0 bridgehead atoms. The molecule has 2 heterocycles. The number of nitrogens with zero attached hydrogens (tertiary/aromatic N) is 2. The number of amides is 1. The van der Waals surface area contributed by atoms with Crippen LogP contribution in [0.4, 0.5) is 17.2 Å². The number of carbonyl (C=O) groups excluding carboxylic acids is 1. The van der Waals surface area contributed by atoms with Gasteiger partial charge in [0, 0.05) is 27.3 Å². The van der Waals surface area contributed by atoms with Crippen molar-refractivity contribution in [3.05, 3.63) is 30.0 Å². The van der Waals surface area contributed by atoms with E-state index in [0.717, 1.165) is 0 Å². The van der Waals surface area contributed by atoms with Gasteiger partial charge in [0.05, 0.1) is 12.7 Å². The Bertz CT molecular complexity index is 774. The van der Waals surface area contributed by atoms with E-state index in [1.54, 1.807) is 14.2 Å². The van der Waals surface area contributed by atoms with E-state index in [0.29, 0.717) is 40.0 Å². The Hall–Kier alpha value is -2.96. The molecule has 3 rings (SSSR count). The summed E-state index contributed by atoms with van der Waals surface area (Å²) in [6.07, 6.45) is 1.53. The molecule has 1 aliphatic rings. The van der Waals surface area contributed by atoms with Gasteiger partial charge < -0.3 is 25.0 Å². The number of pyridine rings is 1. The summed E-state index contributed by atoms with van der Waals surface area (Å²) in [5.41, 5.74) is 1.66. The highest BCUT2D eigenvalue weighted by Crippen LogP contribution is 2.50. The minimum Gasteiger partial charge on any atom is -0.494 e. The number of fused-ring (bicyclic) bond motifs is 2. The lowest BCUT2D eigenvalue weighted by atomic mass is 10.1. The zero-order valence-corrected chi connectivity index (χ0v) is 13.4. The van der Waals surface area contributed by atoms with Gasteiger partial charge in [-0.05, 0) is 12.1 Å². The fourth-order valence-corrected chi connectivity index (χ4v) is 2.45. The Kier molecular flexibility index (Phi) is 3.69. The van der Waals surface area contributed by atoms with Gasteiger partial charge in [-0.25, -0.2) is 4.98 Å². The first-order valence-electron chi connectivity index (χ1n) is 7.11. The zero-order valence-electron chi connectivity index (χ0n) is 13.4. The smallest absolute Gasteiger partial charge is 0.254 e. The van der Waals surface area contributed by atoms with Crippen LogP contribution >= 0.6 is 0 Å². The van der Waals surface area contributed by atoms with Crippen LogP contribution in [-0.2, 0) is 0 Å². The van der Waals surface area contributed by atoms with E-state index >= 15 is 0 Å². The molecule has 0 aliphatic carbocycles. The first-order chi connectivity index (χ1) is 11.1. The Morgan fingerprint density at radius 2 is 2.13 bits per heavy atom. The van der Waals surface area contributed by atoms with E-state index < -0.39 is 0 Å². The van der Waals surface area contributed by atoms with Gasteiger partial charge >= 0.3 is 0 Å². The highest BCUT2D eigenvalue weighted by atomic mass is 16.5. The largest absolute Gasteiger partial charge is 0.494 e. The second-order valence-corrected chi connectivity index (χ2v) is 5.23. The van der Waals surface area contributed by atoms with E-state index in [2.05, 4.69) is 15.6 Å². The van der Waals surface area contributed by atoms with Gasteiger partial charge in [-0.15, -0.1) is 0 Å². The third-order valence-corrected chi connectivity index (χ3v) is 3.58. The molecule has 0 atom stereocenters. The summed E-state index contributed by atoms with van der Waals surface area (Å²) in [6.45, 7) is 0. The highest BCUT2D eigenvalue weighted by Gasteiger charge is 2.28. The van der Waals surface area contributed by atoms with E-state index in [1.807, 2.05) is 37.2 Å². The molecule has 120 valence electrons. The van der Waals surface area contributed by atoms with E-state index in [-0.39, 0.29) is 5.91 Å². The Morgan fingerprint density at radius 1 is 1.35 bits per heavy atom. The van der Waals surface area contributed by atoms with E-state index in [9.17, 15) is 4.79 Å². The Labute approximate surface area is 134 Å². The van der Waals surface area contributed by atoms with Gasteiger partial charge in [0.1, 0.15) is 17.1 Å². The number of nitrogens with one attached hydrogen (secondary N) is 2. The topological polar surface area (TPSA) is 75.7 Å². The van der Waals surface area contributed by atoms with Crippen molar-refractivity contribution in [1.29, 1.82) is 0 Å². The summed E-state index contributed by atoms with van der Waals surface area (Å²) in [4.78, 5) is 18.3. The lowest BCUT2D eigenvalue weighted by Crippen LogP contribution is -2.22. The van der Waals surface area contributed by atoms with Gasteiger partial charge in [-0.1, -0.05) is 6.07 Å². The molecule has 0 saturated carbocycles. The van der Waals surface area contributed by atoms with Crippen LogP contribution in [0, 0.1) is 0 Å². The highest BCUT2D eigenvalue weighted by molar-refractivity contribution is 6.03. The van der Waals surface area contributed by atoms with Gasteiger partial charge in [-0.3, -0.25) is 4.79 Å². The van der Waals surface area contributed by atoms with Crippen molar-refractivity contribution < 1.29 is 14.3 Å². The molecule has 0 unspecified atom stereocenters. The summed E-state index contributed by atoms with van der Waals surface area (Å²) in [7, 11) is 6.90. The molecule has 7 nitrogen and oxygen atoms in total. The number of para-hydroxylation sites is 1. The average Bonchev–Trinajstić information content (AvgIpc) is 2.57. The molecule has 0 fully saturated rings. The minimum absolute atomic E-state index is 0.242. The molecule has 0 radical (unpaired) electrons. The van der Waals surface area contributed by atoms with E-state index in [4.69, 9.17) is 9.47 Å². The second kappa shape index (κ2) is 5.68. The molecule has 2 N–H and O–H groups in total. The normalized spacial score (nSPS) is 11.5. The lowest BCUT2D eigenvalue weighted by Gasteiger charge is -2.27. The Balaban J connectivity index is 2.20. The fraction of sp³-hybridized carbons (Fsp3) is 0.250. The maximum absolute atomic E-state index is 12.1. The van der Waals surface area contributed by atoms with Gasteiger partial charge in [0.2, 0.25) is 0 Å². The van der Waals surface area contributed by atoms with Crippen molar-refractivity contribution in [3.63, 3.8) is 0 Å². The summed E-state index contributed by atoms with van der Waals surface area (Å²) in [6, 6.07) is 5.50. The maximum atomic E-state index is 12.1.